The monoisotopic (exact) mass is 217 g/mol. The van der Waals surface area contributed by atoms with E-state index < -0.39 is 0 Å². The van der Waals surface area contributed by atoms with Gasteiger partial charge in [0.1, 0.15) is 0 Å². The Morgan fingerprint density at radius 1 is 1.19 bits per heavy atom. The second-order valence-electron chi connectivity index (χ2n) is 4.79. The van der Waals surface area contributed by atoms with Crippen LogP contribution in [0.3, 0.4) is 0 Å². The predicted molar refractivity (Wildman–Crippen MR) is 65.4 cm³/mol. The summed E-state index contributed by atoms with van der Waals surface area (Å²) in [6, 6.07) is 7.86. The van der Waals surface area contributed by atoms with Gasteiger partial charge in [0.15, 0.2) is 5.78 Å². The van der Waals surface area contributed by atoms with Gasteiger partial charge in [-0.3, -0.25) is 4.79 Å². The Morgan fingerprint density at radius 3 is 2.44 bits per heavy atom. The highest BCUT2D eigenvalue weighted by molar-refractivity contribution is 5.98. The van der Waals surface area contributed by atoms with E-state index in [1.165, 1.54) is 12.0 Å². The molecule has 0 saturated heterocycles. The van der Waals surface area contributed by atoms with Gasteiger partial charge in [0.25, 0.3) is 0 Å². The summed E-state index contributed by atoms with van der Waals surface area (Å²) in [6.45, 7) is 2.03. The van der Waals surface area contributed by atoms with Crippen LogP contribution < -0.4 is 5.73 Å². The van der Waals surface area contributed by atoms with Crippen LogP contribution in [0.15, 0.2) is 24.3 Å². The molecule has 1 aromatic carbocycles. The number of hydrogen-bond donors (Lipinski definition) is 1. The highest BCUT2D eigenvalue weighted by atomic mass is 16.1. The molecule has 0 aromatic heterocycles. The van der Waals surface area contributed by atoms with E-state index in [9.17, 15) is 4.79 Å². The minimum Gasteiger partial charge on any atom is -0.327 e. The Bertz CT molecular complexity index is 369. The lowest BCUT2D eigenvalue weighted by Gasteiger charge is -2.27. The molecule has 0 bridgehead atoms. The van der Waals surface area contributed by atoms with Crippen molar-refractivity contribution in [3.05, 3.63) is 35.4 Å². The number of aryl methyl sites for hydroxylation is 1. The highest BCUT2D eigenvalue weighted by Gasteiger charge is 2.28. The minimum atomic E-state index is 0.0384. The fraction of sp³-hybridized carbons (Fsp3) is 0.500. The largest absolute Gasteiger partial charge is 0.327 e. The Morgan fingerprint density at radius 2 is 1.81 bits per heavy atom. The summed E-state index contributed by atoms with van der Waals surface area (Å²) in [5.41, 5.74) is 8.02. The minimum absolute atomic E-state index is 0.0384. The quantitative estimate of drug-likeness (QED) is 0.774. The topological polar surface area (TPSA) is 43.1 Å². The van der Waals surface area contributed by atoms with Crippen molar-refractivity contribution in [3.8, 4) is 0 Å². The van der Waals surface area contributed by atoms with Gasteiger partial charge in [-0.2, -0.15) is 0 Å². The smallest absolute Gasteiger partial charge is 0.167 e. The van der Waals surface area contributed by atoms with Gasteiger partial charge in [-0.15, -0.1) is 0 Å². The molecule has 2 heteroatoms. The average molecular weight is 217 g/mol. The van der Waals surface area contributed by atoms with Crippen LogP contribution in [0.1, 0.15) is 41.6 Å². The fourth-order valence-electron chi connectivity index (χ4n) is 2.42. The van der Waals surface area contributed by atoms with E-state index in [-0.39, 0.29) is 17.7 Å². The van der Waals surface area contributed by atoms with Crippen molar-refractivity contribution < 1.29 is 4.79 Å². The molecule has 1 aliphatic carbocycles. The van der Waals surface area contributed by atoms with Crippen LogP contribution in [-0.4, -0.2) is 11.8 Å². The van der Waals surface area contributed by atoms with E-state index in [1.54, 1.807) is 0 Å². The van der Waals surface area contributed by atoms with Crippen molar-refractivity contribution in [2.24, 2.45) is 11.7 Å². The van der Waals surface area contributed by atoms with Crippen LogP contribution in [0, 0.1) is 12.8 Å². The van der Waals surface area contributed by atoms with Crippen molar-refractivity contribution in [2.45, 2.75) is 38.6 Å². The molecule has 86 valence electrons. The SMILES string of the molecule is Cc1ccc(C(=O)C2CCCCC2N)cc1. The molecule has 0 aliphatic heterocycles. The molecule has 0 radical (unpaired) electrons. The lowest BCUT2D eigenvalue weighted by molar-refractivity contribution is 0.0871. The van der Waals surface area contributed by atoms with Gasteiger partial charge < -0.3 is 5.73 Å². The van der Waals surface area contributed by atoms with Crippen molar-refractivity contribution >= 4 is 5.78 Å². The number of rotatable bonds is 2. The average Bonchev–Trinajstić information content (AvgIpc) is 2.30. The molecule has 2 unspecified atom stereocenters. The van der Waals surface area contributed by atoms with E-state index in [4.69, 9.17) is 5.73 Å². The second kappa shape index (κ2) is 4.79. The number of benzene rings is 1. The van der Waals surface area contributed by atoms with Gasteiger partial charge in [-0.25, -0.2) is 0 Å². The van der Waals surface area contributed by atoms with Gasteiger partial charge in [-0.05, 0) is 19.8 Å². The number of ketones is 1. The van der Waals surface area contributed by atoms with Gasteiger partial charge in [0, 0.05) is 17.5 Å². The van der Waals surface area contributed by atoms with E-state index in [0.717, 1.165) is 24.8 Å². The van der Waals surface area contributed by atoms with Crippen LogP contribution in [0.5, 0.6) is 0 Å². The zero-order valence-electron chi connectivity index (χ0n) is 9.78. The van der Waals surface area contributed by atoms with E-state index in [1.807, 2.05) is 31.2 Å². The Labute approximate surface area is 96.8 Å². The Balaban J connectivity index is 2.14. The number of hydrogen-bond acceptors (Lipinski definition) is 2. The van der Waals surface area contributed by atoms with E-state index in [0.29, 0.717) is 0 Å². The normalized spacial score (nSPS) is 25.4. The molecule has 1 aromatic rings. The third-order valence-electron chi connectivity index (χ3n) is 3.49. The third kappa shape index (κ3) is 2.33. The third-order valence-corrected chi connectivity index (χ3v) is 3.49. The predicted octanol–water partition coefficient (Wildman–Crippen LogP) is 2.70. The highest BCUT2D eigenvalue weighted by Crippen LogP contribution is 2.26. The molecule has 1 fully saturated rings. The molecule has 2 nitrogen and oxygen atoms in total. The second-order valence-corrected chi connectivity index (χ2v) is 4.79. The molecular formula is C14H19NO. The van der Waals surface area contributed by atoms with Crippen molar-refractivity contribution in [3.63, 3.8) is 0 Å². The first-order valence-corrected chi connectivity index (χ1v) is 6.05. The van der Waals surface area contributed by atoms with E-state index >= 15 is 0 Å². The lowest BCUT2D eigenvalue weighted by atomic mass is 9.80. The standard InChI is InChI=1S/C14H19NO/c1-10-6-8-11(9-7-10)14(16)12-4-2-3-5-13(12)15/h6-9,12-13H,2-5,15H2,1H3. The molecule has 0 heterocycles. The summed E-state index contributed by atoms with van der Waals surface area (Å²) in [4.78, 5) is 12.2. The summed E-state index contributed by atoms with van der Waals surface area (Å²) in [5.74, 6) is 0.267. The maximum absolute atomic E-state index is 12.2. The van der Waals surface area contributed by atoms with Crippen LogP contribution in [-0.2, 0) is 0 Å². The number of Topliss-reactive ketones (excluding diaryl/α,β-unsaturated/α-hetero) is 1. The first-order valence-electron chi connectivity index (χ1n) is 6.05. The summed E-state index contributed by atoms with van der Waals surface area (Å²) < 4.78 is 0. The zero-order valence-corrected chi connectivity index (χ0v) is 9.78. The first-order chi connectivity index (χ1) is 7.68. The molecule has 0 amide bonds. The molecule has 2 N–H and O–H groups in total. The first kappa shape index (κ1) is 11.3. The Hall–Kier alpha value is -1.15. The van der Waals surface area contributed by atoms with Crippen molar-refractivity contribution in [1.82, 2.24) is 0 Å². The van der Waals surface area contributed by atoms with Gasteiger partial charge in [-0.1, -0.05) is 42.7 Å². The molecule has 1 aliphatic rings. The number of nitrogens with two attached hydrogens (primary N) is 1. The lowest BCUT2D eigenvalue weighted by Crippen LogP contribution is -2.38. The summed E-state index contributed by atoms with van der Waals surface area (Å²) in [7, 11) is 0. The summed E-state index contributed by atoms with van der Waals surface area (Å²) in [5, 5.41) is 0. The van der Waals surface area contributed by atoms with Crippen LogP contribution in [0.25, 0.3) is 0 Å². The number of carbonyl (C=O) groups excluding carboxylic acids is 1. The van der Waals surface area contributed by atoms with Crippen LogP contribution >= 0.6 is 0 Å². The maximum atomic E-state index is 12.2. The molecular weight excluding hydrogens is 198 g/mol. The van der Waals surface area contributed by atoms with Crippen LogP contribution in [0.4, 0.5) is 0 Å². The molecule has 16 heavy (non-hydrogen) atoms. The van der Waals surface area contributed by atoms with Gasteiger partial charge in [0.05, 0.1) is 0 Å². The maximum Gasteiger partial charge on any atom is 0.167 e. The summed E-state index contributed by atoms with van der Waals surface area (Å²) >= 11 is 0. The molecule has 2 atom stereocenters. The molecule has 0 spiro atoms. The fourth-order valence-corrected chi connectivity index (χ4v) is 2.42. The number of carbonyl (C=O) groups is 1. The van der Waals surface area contributed by atoms with Gasteiger partial charge >= 0.3 is 0 Å². The summed E-state index contributed by atoms with van der Waals surface area (Å²) in [6.07, 6.45) is 4.24. The van der Waals surface area contributed by atoms with E-state index in [2.05, 4.69) is 0 Å². The Kier molecular flexibility index (Phi) is 3.39. The zero-order chi connectivity index (χ0) is 11.5. The van der Waals surface area contributed by atoms with Gasteiger partial charge in [0.2, 0.25) is 0 Å². The molecule has 2 rings (SSSR count). The van der Waals surface area contributed by atoms with Crippen molar-refractivity contribution in [1.29, 1.82) is 0 Å². The van der Waals surface area contributed by atoms with Crippen molar-refractivity contribution in [2.75, 3.05) is 0 Å². The molecule has 1 saturated carbocycles. The van der Waals surface area contributed by atoms with Crippen LogP contribution in [0.2, 0.25) is 0 Å².